The first-order chi connectivity index (χ1) is 15.4. The number of nitrogens with one attached hydrogen (secondary N) is 3. The predicted molar refractivity (Wildman–Crippen MR) is 130 cm³/mol. The highest BCUT2D eigenvalue weighted by atomic mass is 35.5. The Morgan fingerprint density at radius 2 is 1.58 bits per heavy atom. The van der Waals surface area contributed by atoms with Crippen LogP contribution in [0.15, 0.2) is 48.5 Å². The fourth-order valence-electron chi connectivity index (χ4n) is 2.93. The summed E-state index contributed by atoms with van der Waals surface area (Å²) < 4.78 is 13.2. The van der Waals surface area contributed by atoms with Crippen LogP contribution in [0.1, 0.15) is 56.7 Å². The molecule has 0 aliphatic carbocycles. The molecule has 2 aromatic carbocycles. The van der Waals surface area contributed by atoms with Gasteiger partial charge in [-0.05, 0) is 81.8 Å². The fraction of sp³-hybridized carbons (Fsp3) is 0.208. The van der Waals surface area contributed by atoms with Crippen molar-refractivity contribution in [2.45, 2.75) is 33.2 Å². The summed E-state index contributed by atoms with van der Waals surface area (Å²) in [5.41, 5.74) is 1.48. The highest BCUT2D eigenvalue weighted by Crippen LogP contribution is 2.29. The molecule has 0 bridgehead atoms. The monoisotopic (exact) mass is 487 g/mol. The largest absolute Gasteiger partial charge is 0.347 e. The average molecular weight is 488 g/mol. The third-order valence-electron chi connectivity index (χ3n) is 4.43. The first-order valence-corrected chi connectivity index (χ1v) is 11.2. The Balaban J connectivity index is 1.67. The van der Waals surface area contributed by atoms with E-state index in [2.05, 4.69) is 16.0 Å². The van der Waals surface area contributed by atoms with Crippen LogP contribution in [0.4, 0.5) is 15.1 Å². The van der Waals surface area contributed by atoms with Crippen LogP contribution in [0.5, 0.6) is 0 Å². The highest BCUT2D eigenvalue weighted by Gasteiger charge is 2.18. The number of halogens is 2. The Labute approximate surface area is 200 Å². The molecule has 3 aromatic rings. The summed E-state index contributed by atoms with van der Waals surface area (Å²) in [5.74, 6) is -1.58. The lowest BCUT2D eigenvalue weighted by atomic mass is 10.1. The lowest BCUT2D eigenvalue weighted by molar-refractivity contribution is 0.0918. The maximum Gasteiger partial charge on any atom is 0.266 e. The van der Waals surface area contributed by atoms with Gasteiger partial charge in [-0.3, -0.25) is 14.4 Å². The molecule has 0 saturated heterocycles. The van der Waals surface area contributed by atoms with E-state index in [0.717, 1.165) is 23.5 Å². The molecule has 0 saturated carbocycles. The van der Waals surface area contributed by atoms with Gasteiger partial charge in [0.1, 0.15) is 5.82 Å². The number of benzene rings is 2. The van der Waals surface area contributed by atoms with Gasteiger partial charge in [-0.2, -0.15) is 0 Å². The van der Waals surface area contributed by atoms with Crippen molar-refractivity contribution in [1.29, 1.82) is 0 Å². The zero-order valence-corrected chi connectivity index (χ0v) is 20.1. The summed E-state index contributed by atoms with van der Waals surface area (Å²) >= 11 is 7.05. The van der Waals surface area contributed by atoms with E-state index in [1.807, 2.05) is 20.8 Å². The third-order valence-corrected chi connectivity index (χ3v) is 5.89. The van der Waals surface area contributed by atoms with Crippen molar-refractivity contribution in [3.63, 3.8) is 0 Å². The molecule has 3 amide bonds. The summed E-state index contributed by atoms with van der Waals surface area (Å²) in [4.78, 5) is 37.9. The van der Waals surface area contributed by atoms with E-state index >= 15 is 0 Å². The number of hydrogen-bond donors (Lipinski definition) is 3. The third kappa shape index (κ3) is 6.40. The molecule has 172 valence electrons. The van der Waals surface area contributed by atoms with Gasteiger partial charge in [-0.1, -0.05) is 11.6 Å². The fourth-order valence-corrected chi connectivity index (χ4v) is 4.14. The Hall–Kier alpha value is -3.23. The number of aryl methyl sites for hydroxylation is 1. The molecular weight excluding hydrogens is 465 g/mol. The van der Waals surface area contributed by atoms with E-state index in [1.165, 1.54) is 6.07 Å². The summed E-state index contributed by atoms with van der Waals surface area (Å²) in [5, 5.41) is 8.81. The van der Waals surface area contributed by atoms with E-state index in [-0.39, 0.29) is 27.9 Å². The van der Waals surface area contributed by atoms with Crippen LogP contribution in [0.25, 0.3) is 0 Å². The first kappa shape index (κ1) is 24.4. The van der Waals surface area contributed by atoms with Crippen LogP contribution < -0.4 is 16.0 Å². The zero-order valence-electron chi connectivity index (χ0n) is 18.5. The molecule has 0 aliphatic rings. The number of rotatable bonds is 5. The van der Waals surface area contributed by atoms with Gasteiger partial charge < -0.3 is 16.0 Å². The smallest absolute Gasteiger partial charge is 0.266 e. The molecule has 0 spiro atoms. The average Bonchev–Trinajstić information content (AvgIpc) is 3.07. The van der Waals surface area contributed by atoms with Crippen molar-refractivity contribution in [3.05, 3.63) is 80.9 Å². The minimum Gasteiger partial charge on any atom is -0.347 e. The summed E-state index contributed by atoms with van der Waals surface area (Å²) in [6, 6.07) is 11.8. The van der Waals surface area contributed by atoms with E-state index in [4.69, 9.17) is 11.6 Å². The van der Waals surface area contributed by atoms with Gasteiger partial charge in [0.25, 0.3) is 17.7 Å². The number of anilines is 2. The highest BCUT2D eigenvalue weighted by molar-refractivity contribution is 7.18. The minimum atomic E-state index is -0.537. The Bertz CT molecular complexity index is 1220. The molecule has 3 N–H and O–H groups in total. The Kier molecular flexibility index (Phi) is 7.19. The van der Waals surface area contributed by atoms with E-state index in [1.54, 1.807) is 37.3 Å². The molecule has 1 heterocycles. The number of amides is 3. The van der Waals surface area contributed by atoms with Crippen molar-refractivity contribution in [3.8, 4) is 0 Å². The number of carbonyl (C=O) groups is 3. The molecule has 0 aliphatic heterocycles. The summed E-state index contributed by atoms with van der Waals surface area (Å²) in [7, 11) is 0. The normalized spacial score (nSPS) is 11.1. The minimum absolute atomic E-state index is 0.00151. The number of carbonyl (C=O) groups excluding carboxylic acids is 3. The second-order valence-electron chi connectivity index (χ2n) is 8.44. The van der Waals surface area contributed by atoms with Gasteiger partial charge in [0.05, 0.1) is 20.5 Å². The van der Waals surface area contributed by atoms with E-state index in [9.17, 15) is 18.8 Å². The van der Waals surface area contributed by atoms with E-state index in [0.29, 0.717) is 26.7 Å². The zero-order chi connectivity index (χ0) is 24.3. The molecule has 3 rings (SSSR count). The van der Waals surface area contributed by atoms with Crippen LogP contribution in [0, 0.1) is 12.7 Å². The summed E-state index contributed by atoms with van der Waals surface area (Å²) in [6.07, 6.45) is 0. The molecule has 6 nitrogen and oxygen atoms in total. The molecule has 1 aromatic heterocycles. The van der Waals surface area contributed by atoms with Crippen molar-refractivity contribution in [2.75, 3.05) is 10.6 Å². The van der Waals surface area contributed by atoms with Crippen molar-refractivity contribution in [2.24, 2.45) is 0 Å². The van der Waals surface area contributed by atoms with Crippen LogP contribution in [0.3, 0.4) is 0 Å². The van der Waals surface area contributed by atoms with Gasteiger partial charge in [0.15, 0.2) is 0 Å². The van der Waals surface area contributed by atoms with Gasteiger partial charge in [0, 0.05) is 16.8 Å². The molecule has 9 heteroatoms. The molecule has 0 unspecified atom stereocenters. The molecule has 0 atom stereocenters. The van der Waals surface area contributed by atoms with Crippen LogP contribution in [0.2, 0.25) is 5.02 Å². The molecule has 33 heavy (non-hydrogen) atoms. The number of thiophene rings is 1. The van der Waals surface area contributed by atoms with Crippen molar-refractivity contribution in [1.82, 2.24) is 5.32 Å². The lowest BCUT2D eigenvalue weighted by Gasteiger charge is -2.20. The topological polar surface area (TPSA) is 87.3 Å². The van der Waals surface area contributed by atoms with Crippen LogP contribution >= 0.6 is 22.9 Å². The SMILES string of the molecule is Cc1cc(NC(=O)c2ccc(F)cc2Cl)sc1C(=O)Nc1ccc(C(=O)NC(C)(C)C)cc1. The lowest BCUT2D eigenvalue weighted by Crippen LogP contribution is -2.40. The molecule has 0 fully saturated rings. The van der Waals surface area contributed by atoms with Gasteiger partial charge in [-0.15, -0.1) is 11.3 Å². The van der Waals surface area contributed by atoms with Crippen LogP contribution in [-0.4, -0.2) is 23.3 Å². The van der Waals surface area contributed by atoms with Gasteiger partial charge in [-0.25, -0.2) is 4.39 Å². The first-order valence-electron chi connectivity index (χ1n) is 10.0. The maximum atomic E-state index is 13.2. The summed E-state index contributed by atoms with van der Waals surface area (Å²) in [6.45, 7) is 7.45. The standard InChI is InChI=1S/C24H23ClFN3O3S/c1-13-11-19(28-22(31)17-10-7-15(26)12-18(17)25)33-20(13)23(32)27-16-8-5-14(6-9-16)21(30)29-24(2,3)4/h5-12H,1-4H3,(H,27,32)(H,28,31)(H,29,30). The predicted octanol–water partition coefficient (Wildman–Crippen LogP) is 5.88. The maximum absolute atomic E-state index is 13.2. The second-order valence-corrected chi connectivity index (χ2v) is 9.90. The Morgan fingerprint density at radius 1 is 0.909 bits per heavy atom. The number of hydrogen-bond acceptors (Lipinski definition) is 4. The molecular formula is C24H23ClFN3O3S. The van der Waals surface area contributed by atoms with Crippen LogP contribution in [-0.2, 0) is 0 Å². The van der Waals surface area contributed by atoms with Crippen molar-refractivity contribution >= 4 is 51.3 Å². The van der Waals surface area contributed by atoms with E-state index < -0.39 is 11.7 Å². The Morgan fingerprint density at radius 3 is 2.18 bits per heavy atom. The van der Waals surface area contributed by atoms with Gasteiger partial charge in [0.2, 0.25) is 0 Å². The quantitative estimate of drug-likeness (QED) is 0.420. The van der Waals surface area contributed by atoms with Gasteiger partial charge >= 0.3 is 0 Å². The molecule has 0 radical (unpaired) electrons. The van der Waals surface area contributed by atoms with Crippen molar-refractivity contribution < 1.29 is 18.8 Å². The second kappa shape index (κ2) is 9.72.